The standard InChI is InChI=1S/C7H14S.FH/c1-2-4-7-5-3-6-8-7;/h7H,2-6H2,1H3;1H. The first-order valence-corrected chi connectivity index (χ1v) is 4.60. The minimum absolute atomic E-state index is 0. The number of halogens is 1. The van der Waals surface area contributed by atoms with Crippen molar-refractivity contribution in [3.05, 3.63) is 0 Å². The monoisotopic (exact) mass is 150 g/mol. The van der Waals surface area contributed by atoms with Gasteiger partial charge in [-0.05, 0) is 25.0 Å². The van der Waals surface area contributed by atoms with Crippen LogP contribution in [0.2, 0.25) is 0 Å². The van der Waals surface area contributed by atoms with E-state index in [0.717, 1.165) is 5.25 Å². The van der Waals surface area contributed by atoms with Crippen LogP contribution in [0.5, 0.6) is 0 Å². The van der Waals surface area contributed by atoms with E-state index < -0.39 is 0 Å². The molecule has 1 aliphatic heterocycles. The zero-order valence-electron chi connectivity index (χ0n) is 5.93. The molecule has 9 heavy (non-hydrogen) atoms. The lowest BCUT2D eigenvalue weighted by atomic mass is 10.2. The van der Waals surface area contributed by atoms with Crippen molar-refractivity contribution < 1.29 is 4.70 Å². The highest BCUT2D eigenvalue weighted by molar-refractivity contribution is 8.00. The highest BCUT2D eigenvalue weighted by Gasteiger charge is 2.13. The van der Waals surface area contributed by atoms with Crippen molar-refractivity contribution in [1.82, 2.24) is 0 Å². The average Bonchev–Trinajstić information content (AvgIpc) is 2.19. The summed E-state index contributed by atoms with van der Waals surface area (Å²) in [5.74, 6) is 1.42. The molecule has 1 aliphatic rings. The molecule has 1 heterocycles. The van der Waals surface area contributed by atoms with Gasteiger partial charge in [-0.3, -0.25) is 4.70 Å². The Morgan fingerprint density at radius 1 is 1.56 bits per heavy atom. The molecular formula is C7H15FS. The Morgan fingerprint density at radius 3 is 2.78 bits per heavy atom. The predicted octanol–water partition coefficient (Wildman–Crippen LogP) is 2.83. The molecule has 0 bridgehead atoms. The SMILES string of the molecule is CCCC1CCCS1.F. The predicted molar refractivity (Wildman–Crippen MR) is 42.9 cm³/mol. The summed E-state index contributed by atoms with van der Waals surface area (Å²) in [7, 11) is 0. The molecule has 0 aromatic heterocycles. The Kier molecular flexibility index (Phi) is 5.25. The first kappa shape index (κ1) is 9.28. The van der Waals surface area contributed by atoms with Crippen LogP contribution < -0.4 is 0 Å². The molecule has 0 spiro atoms. The Balaban J connectivity index is 0.000000640. The minimum atomic E-state index is 0. The van der Waals surface area contributed by atoms with Crippen molar-refractivity contribution in [3.63, 3.8) is 0 Å². The van der Waals surface area contributed by atoms with Gasteiger partial charge in [0.15, 0.2) is 0 Å². The molecule has 56 valence electrons. The zero-order chi connectivity index (χ0) is 5.82. The average molecular weight is 150 g/mol. The summed E-state index contributed by atoms with van der Waals surface area (Å²) in [6.45, 7) is 2.28. The summed E-state index contributed by atoms with van der Waals surface area (Å²) in [5, 5.41) is 1.03. The highest BCUT2D eigenvalue weighted by atomic mass is 32.2. The molecule has 0 amide bonds. The topological polar surface area (TPSA) is 0 Å². The summed E-state index contributed by atoms with van der Waals surface area (Å²) in [6, 6.07) is 0. The summed E-state index contributed by atoms with van der Waals surface area (Å²) in [6.07, 6.45) is 5.77. The maximum atomic E-state index is 2.28. The van der Waals surface area contributed by atoms with Crippen LogP contribution in [0, 0.1) is 0 Å². The van der Waals surface area contributed by atoms with Gasteiger partial charge < -0.3 is 0 Å². The molecule has 0 N–H and O–H groups in total. The van der Waals surface area contributed by atoms with Crippen LogP contribution in [0.3, 0.4) is 0 Å². The molecule has 0 radical (unpaired) electrons. The molecule has 1 unspecified atom stereocenters. The Hall–Kier alpha value is 0.280. The number of thioether (sulfide) groups is 1. The van der Waals surface area contributed by atoms with Crippen molar-refractivity contribution in [1.29, 1.82) is 0 Å². The second kappa shape index (κ2) is 5.10. The fourth-order valence-electron chi connectivity index (χ4n) is 1.19. The van der Waals surface area contributed by atoms with Crippen LogP contribution in [-0.4, -0.2) is 11.0 Å². The minimum Gasteiger partial charge on any atom is -0.269 e. The van der Waals surface area contributed by atoms with Gasteiger partial charge in [-0.25, -0.2) is 0 Å². The normalized spacial score (nSPS) is 25.7. The highest BCUT2D eigenvalue weighted by Crippen LogP contribution is 2.29. The summed E-state index contributed by atoms with van der Waals surface area (Å²) in [4.78, 5) is 0. The van der Waals surface area contributed by atoms with Crippen LogP contribution in [0.15, 0.2) is 0 Å². The first-order valence-electron chi connectivity index (χ1n) is 3.55. The first-order chi connectivity index (χ1) is 3.93. The van der Waals surface area contributed by atoms with Crippen molar-refractivity contribution >= 4 is 11.8 Å². The van der Waals surface area contributed by atoms with Gasteiger partial charge in [0, 0.05) is 5.25 Å². The van der Waals surface area contributed by atoms with E-state index in [0.29, 0.717) is 0 Å². The van der Waals surface area contributed by atoms with Crippen LogP contribution in [-0.2, 0) is 0 Å². The quantitative estimate of drug-likeness (QED) is 0.583. The van der Waals surface area contributed by atoms with Gasteiger partial charge in [0.2, 0.25) is 0 Å². The molecule has 2 heteroatoms. The van der Waals surface area contributed by atoms with E-state index in [2.05, 4.69) is 18.7 Å². The molecule has 1 rings (SSSR count). The van der Waals surface area contributed by atoms with Crippen LogP contribution in [0.25, 0.3) is 0 Å². The third-order valence-electron chi connectivity index (χ3n) is 1.63. The van der Waals surface area contributed by atoms with Crippen molar-refractivity contribution in [2.75, 3.05) is 5.75 Å². The van der Waals surface area contributed by atoms with Gasteiger partial charge >= 0.3 is 0 Å². The molecular weight excluding hydrogens is 135 g/mol. The Labute approximate surface area is 60.8 Å². The smallest absolute Gasteiger partial charge is 0.00472 e. The van der Waals surface area contributed by atoms with E-state index in [1.165, 1.54) is 31.4 Å². The van der Waals surface area contributed by atoms with Gasteiger partial charge in [-0.15, -0.1) is 0 Å². The molecule has 0 nitrogen and oxygen atoms in total. The molecule has 0 aromatic carbocycles. The van der Waals surface area contributed by atoms with E-state index in [1.807, 2.05) is 0 Å². The molecule has 0 saturated carbocycles. The fraction of sp³-hybridized carbons (Fsp3) is 1.00. The van der Waals surface area contributed by atoms with Crippen LogP contribution in [0.4, 0.5) is 4.70 Å². The van der Waals surface area contributed by atoms with Gasteiger partial charge in [-0.2, -0.15) is 11.8 Å². The van der Waals surface area contributed by atoms with E-state index in [1.54, 1.807) is 0 Å². The zero-order valence-corrected chi connectivity index (χ0v) is 6.75. The second-order valence-corrected chi connectivity index (χ2v) is 3.83. The van der Waals surface area contributed by atoms with E-state index in [9.17, 15) is 0 Å². The van der Waals surface area contributed by atoms with Crippen LogP contribution >= 0.6 is 11.8 Å². The summed E-state index contributed by atoms with van der Waals surface area (Å²) in [5.41, 5.74) is 0. The van der Waals surface area contributed by atoms with Crippen molar-refractivity contribution in [3.8, 4) is 0 Å². The third kappa shape index (κ3) is 3.09. The molecule has 0 aliphatic carbocycles. The molecule has 1 atom stereocenters. The third-order valence-corrected chi connectivity index (χ3v) is 3.10. The van der Waals surface area contributed by atoms with Gasteiger partial charge in [0.05, 0.1) is 0 Å². The number of hydrogen-bond donors (Lipinski definition) is 0. The largest absolute Gasteiger partial charge is 0.269 e. The maximum absolute atomic E-state index is 2.28. The lowest BCUT2D eigenvalue weighted by Gasteiger charge is -2.02. The Morgan fingerprint density at radius 2 is 2.33 bits per heavy atom. The van der Waals surface area contributed by atoms with Gasteiger partial charge in [-0.1, -0.05) is 13.3 Å². The van der Waals surface area contributed by atoms with E-state index >= 15 is 0 Å². The lowest BCUT2D eigenvalue weighted by molar-refractivity contribution is 0.702. The van der Waals surface area contributed by atoms with Gasteiger partial charge in [0.1, 0.15) is 0 Å². The molecule has 1 saturated heterocycles. The molecule has 0 aromatic rings. The summed E-state index contributed by atoms with van der Waals surface area (Å²) < 4.78 is 0. The molecule has 1 fully saturated rings. The maximum Gasteiger partial charge on any atom is 0.00472 e. The lowest BCUT2D eigenvalue weighted by Crippen LogP contribution is -1.93. The van der Waals surface area contributed by atoms with Gasteiger partial charge in [0.25, 0.3) is 0 Å². The number of rotatable bonds is 2. The number of hydrogen-bond acceptors (Lipinski definition) is 1. The van der Waals surface area contributed by atoms with E-state index in [4.69, 9.17) is 0 Å². The second-order valence-electron chi connectivity index (χ2n) is 2.42. The van der Waals surface area contributed by atoms with Crippen molar-refractivity contribution in [2.24, 2.45) is 0 Å². The van der Waals surface area contributed by atoms with E-state index in [-0.39, 0.29) is 4.70 Å². The van der Waals surface area contributed by atoms with Crippen LogP contribution in [0.1, 0.15) is 32.6 Å². The summed E-state index contributed by atoms with van der Waals surface area (Å²) >= 11 is 2.17. The fourth-order valence-corrected chi connectivity index (χ4v) is 2.60. The van der Waals surface area contributed by atoms with Crippen molar-refractivity contribution in [2.45, 2.75) is 37.9 Å². The Bertz CT molecular complexity index is 59.9.